The van der Waals surface area contributed by atoms with E-state index in [-0.39, 0.29) is 11.4 Å². The molecule has 0 heterocycles. The second kappa shape index (κ2) is 6.05. The largest absolute Gasteiger partial charge is 0.392 e. The van der Waals surface area contributed by atoms with E-state index in [1.165, 1.54) is 0 Å². The molecular formula is C12H17BrO2S. The maximum absolute atomic E-state index is 9.68. The molecule has 0 aromatic heterocycles. The van der Waals surface area contributed by atoms with Gasteiger partial charge in [-0.25, -0.2) is 0 Å². The summed E-state index contributed by atoms with van der Waals surface area (Å²) in [6.45, 7) is 5.50. The lowest BCUT2D eigenvalue weighted by atomic mass is 10.1. The highest BCUT2D eigenvalue weighted by molar-refractivity contribution is 9.10. The van der Waals surface area contributed by atoms with E-state index in [9.17, 15) is 10.2 Å². The van der Waals surface area contributed by atoms with Crippen LogP contribution in [0.4, 0.5) is 0 Å². The molecule has 0 bridgehead atoms. The average molecular weight is 305 g/mol. The molecule has 1 rings (SSSR count). The van der Waals surface area contributed by atoms with Crippen molar-refractivity contribution in [3.8, 4) is 0 Å². The smallest absolute Gasteiger partial charge is 0.0773 e. The zero-order valence-corrected chi connectivity index (χ0v) is 12.0. The topological polar surface area (TPSA) is 40.5 Å². The highest BCUT2D eigenvalue weighted by Gasteiger charge is 2.15. The van der Waals surface area contributed by atoms with E-state index < -0.39 is 6.10 Å². The third-order valence-electron chi connectivity index (χ3n) is 2.41. The molecule has 0 amide bonds. The lowest BCUT2D eigenvalue weighted by molar-refractivity contribution is 0.193. The number of rotatable bonds is 4. The fraction of sp³-hybridized carbons (Fsp3) is 0.500. The Labute approximate surface area is 109 Å². The highest BCUT2D eigenvalue weighted by atomic mass is 79.9. The first kappa shape index (κ1) is 14.0. The number of hydrogen-bond donors (Lipinski definition) is 2. The van der Waals surface area contributed by atoms with Gasteiger partial charge in [0.1, 0.15) is 0 Å². The SMILES string of the molecule is CC(O)c1cc(Br)ccc1SC(C)C(C)O. The Morgan fingerprint density at radius 1 is 1.19 bits per heavy atom. The first-order valence-corrected chi connectivity index (χ1v) is 6.91. The molecule has 1 aromatic carbocycles. The lowest BCUT2D eigenvalue weighted by Gasteiger charge is -2.18. The molecule has 90 valence electrons. The molecule has 2 nitrogen and oxygen atoms in total. The number of halogens is 1. The van der Waals surface area contributed by atoms with E-state index in [1.807, 2.05) is 25.1 Å². The molecule has 0 aliphatic heterocycles. The van der Waals surface area contributed by atoms with Gasteiger partial charge < -0.3 is 10.2 Å². The number of benzene rings is 1. The molecule has 0 saturated carbocycles. The van der Waals surface area contributed by atoms with Crippen molar-refractivity contribution in [2.45, 2.75) is 43.1 Å². The minimum atomic E-state index is -0.499. The van der Waals surface area contributed by atoms with Crippen LogP contribution in [0.5, 0.6) is 0 Å². The molecule has 16 heavy (non-hydrogen) atoms. The Morgan fingerprint density at radius 2 is 1.81 bits per heavy atom. The molecular weight excluding hydrogens is 288 g/mol. The van der Waals surface area contributed by atoms with Gasteiger partial charge in [-0.05, 0) is 37.6 Å². The number of hydrogen-bond acceptors (Lipinski definition) is 3. The minimum Gasteiger partial charge on any atom is -0.392 e. The lowest BCUT2D eigenvalue weighted by Crippen LogP contribution is -2.15. The van der Waals surface area contributed by atoms with Gasteiger partial charge in [0, 0.05) is 14.6 Å². The molecule has 1 aromatic rings. The van der Waals surface area contributed by atoms with E-state index in [2.05, 4.69) is 15.9 Å². The molecule has 0 saturated heterocycles. The Hall–Kier alpha value is -0.0300. The molecule has 0 fully saturated rings. The molecule has 0 radical (unpaired) electrons. The van der Waals surface area contributed by atoms with Crippen LogP contribution in [-0.2, 0) is 0 Å². The average Bonchev–Trinajstić information content (AvgIpc) is 2.20. The summed E-state index contributed by atoms with van der Waals surface area (Å²) in [5.74, 6) is 0. The van der Waals surface area contributed by atoms with E-state index in [1.54, 1.807) is 25.6 Å². The first-order valence-electron chi connectivity index (χ1n) is 5.24. The highest BCUT2D eigenvalue weighted by Crippen LogP contribution is 2.33. The first-order chi connectivity index (χ1) is 7.41. The van der Waals surface area contributed by atoms with Crippen molar-refractivity contribution in [2.24, 2.45) is 0 Å². The Balaban J connectivity index is 2.95. The van der Waals surface area contributed by atoms with E-state index in [0.717, 1.165) is 14.9 Å². The molecule has 4 heteroatoms. The van der Waals surface area contributed by atoms with Gasteiger partial charge in [-0.2, -0.15) is 0 Å². The summed E-state index contributed by atoms with van der Waals surface area (Å²) in [7, 11) is 0. The van der Waals surface area contributed by atoms with Crippen LogP contribution in [0.2, 0.25) is 0 Å². The summed E-state index contributed by atoms with van der Waals surface area (Å²) >= 11 is 4.97. The summed E-state index contributed by atoms with van der Waals surface area (Å²) in [5.41, 5.74) is 0.895. The normalized spacial score (nSPS) is 16.9. The van der Waals surface area contributed by atoms with Gasteiger partial charge in [-0.15, -0.1) is 11.8 Å². The van der Waals surface area contributed by atoms with Gasteiger partial charge in [0.15, 0.2) is 0 Å². The quantitative estimate of drug-likeness (QED) is 0.838. The van der Waals surface area contributed by atoms with Crippen LogP contribution in [0.25, 0.3) is 0 Å². The predicted octanol–water partition coefficient (Wildman–Crippen LogP) is 3.36. The molecule has 0 aliphatic rings. The predicted molar refractivity (Wildman–Crippen MR) is 71.8 cm³/mol. The maximum Gasteiger partial charge on any atom is 0.0773 e. The van der Waals surface area contributed by atoms with E-state index in [0.29, 0.717) is 0 Å². The fourth-order valence-electron chi connectivity index (χ4n) is 1.25. The van der Waals surface area contributed by atoms with Crippen LogP contribution >= 0.6 is 27.7 Å². The van der Waals surface area contributed by atoms with Gasteiger partial charge in [0.05, 0.1) is 12.2 Å². The van der Waals surface area contributed by atoms with Crippen LogP contribution in [0.1, 0.15) is 32.4 Å². The molecule has 0 aliphatic carbocycles. The number of aliphatic hydroxyl groups is 2. The monoisotopic (exact) mass is 304 g/mol. The summed E-state index contributed by atoms with van der Waals surface area (Å²) in [4.78, 5) is 1.02. The summed E-state index contributed by atoms with van der Waals surface area (Å²) in [6, 6.07) is 5.83. The number of aliphatic hydroxyl groups excluding tert-OH is 2. The zero-order chi connectivity index (χ0) is 12.3. The molecule has 2 N–H and O–H groups in total. The van der Waals surface area contributed by atoms with Crippen LogP contribution in [0.3, 0.4) is 0 Å². The molecule has 3 unspecified atom stereocenters. The van der Waals surface area contributed by atoms with Gasteiger partial charge >= 0.3 is 0 Å². The van der Waals surface area contributed by atoms with Crippen LogP contribution in [0, 0.1) is 0 Å². The van der Waals surface area contributed by atoms with Crippen LogP contribution in [-0.4, -0.2) is 21.6 Å². The second-order valence-corrected chi connectivity index (χ2v) is 6.26. The zero-order valence-electron chi connectivity index (χ0n) is 9.64. The number of thioether (sulfide) groups is 1. The maximum atomic E-state index is 9.68. The van der Waals surface area contributed by atoms with Crippen molar-refractivity contribution in [3.63, 3.8) is 0 Å². The summed E-state index contributed by atoms with van der Waals surface area (Å²) in [6.07, 6.45) is -0.864. The third-order valence-corrected chi connectivity index (χ3v) is 4.30. The van der Waals surface area contributed by atoms with Crippen molar-refractivity contribution in [1.29, 1.82) is 0 Å². The van der Waals surface area contributed by atoms with Gasteiger partial charge in [-0.3, -0.25) is 0 Å². The summed E-state index contributed by atoms with van der Waals surface area (Å²) in [5, 5.41) is 19.3. The van der Waals surface area contributed by atoms with Crippen molar-refractivity contribution < 1.29 is 10.2 Å². The Bertz CT molecular complexity index is 353. The van der Waals surface area contributed by atoms with Gasteiger partial charge in [-0.1, -0.05) is 22.9 Å². The second-order valence-electron chi connectivity index (χ2n) is 3.92. The van der Waals surface area contributed by atoms with Crippen LogP contribution < -0.4 is 0 Å². The van der Waals surface area contributed by atoms with Gasteiger partial charge in [0.2, 0.25) is 0 Å². The third kappa shape index (κ3) is 3.77. The van der Waals surface area contributed by atoms with Crippen molar-refractivity contribution in [3.05, 3.63) is 28.2 Å². The van der Waals surface area contributed by atoms with Gasteiger partial charge in [0.25, 0.3) is 0 Å². The Morgan fingerprint density at radius 3 is 2.31 bits per heavy atom. The Kier molecular flexibility index (Phi) is 5.31. The fourth-order valence-corrected chi connectivity index (χ4v) is 2.74. The van der Waals surface area contributed by atoms with Crippen molar-refractivity contribution in [1.82, 2.24) is 0 Å². The van der Waals surface area contributed by atoms with Crippen molar-refractivity contribution >= 4 is 27.7 Å². The summed E-state index contributed by atoms with van der Waals surface area (Å²) < 4.78 is 0.956. The minimum absolute atomic E-state index is 0.110. The molecule has 3 atom stereocenters. The van der Waals surface area contributed by atoms with Crippen LogP contribution in [0.15, 0.2) is 27.6 Å². The van der Waals surface area contributed by atoms with Crippen molar-refractivity contribution in [2.75, 3.05) is 0 Å². The van der Waals surface area contributed by atoms with E-state index in [4.69, 9.17) is 0 Å². The standard InChI is InChI=1S/C12H17BrO2S/c1-7(14)9(3)16-12-5-4-10(13)6-11(12)8(2)15/h4-9,14-15H,1-3H3. The molecule has 0 spiro atoms. The van der Waals surface area contributed by atoms with E-state index >= 15 is 0 Å².